The fraction of sp³-hybridized carbons (Fsp3) is 1.00. The molecule has 0 aliphatic rings. The van der Waals surface area contributed by atoms with Gasteiger partial charge in [-0.2, -0.15) is 0 Å². The summed E-state index contributed by atoms with van der Waals surface area (Å²) < 4.78 is 0. The van der Waals surface area contributed by atoms with Crippen LogP contribution in [0.2, 0.25) is 0 Å². The van der Waals surface area contributed by atoms with Gasteiger partial charge in [0.25, 0.3) is 0 Å². The number of hydrogen-bond acceptors (Lipinski definition) is 9. The van der Waals surface area contributed by atoms with E-state index in [1.165, 1.54) is 7.05 Å². The molecule has 0 radical (unpaired) electrons. The molecule has 0 saturated carbocycles. The van der Waals surface area contributed by atoms with Crippen molar-refractivity contribution in [3.05, 3.63) is 0 Å². The molecule has 11 nitrogen and oxygen atoms in total. The van der Waals surface area contributed by atoms with Crippen molar-refractivity contribution >= 4 is 0 Å². The lowest BCUT2D eigenvalue weighted by Gasteiger charge is -2.23. The fourth-order valence-corrected chi connectivity index (χ4v) is 0.328. The van der Waals surface area contributed by atoms with Gasteiger partial charge in [0.05, 0.1) is 4.97 Å². The third kappa shape index (κ3) is 7.66. The van der Waals surface area contributed by atoms with Crippen molar-refractivity contribution in [1.29, 1.82) is 0 Å². The first-order chi connectivity index (χ1) is 5.10. The molecule has 0 aromatic heterocycles. The van der Waals surface area contributed by atoms with E-state index in [-0.39, 0.29) is 5.34 Å². The van der Waals surface area contributed by atoms with Gasteiger partial charge in [0.2, 0.25) is 0 Å². The zero-order chi connectivity index (χ0) is 9.99. The minimum absolute atomic E-state index is 0.236. The lowest BCUT2D eigenvalue weighted by atomic mass is 11.4. The first-order valence-corrected chi connectivity index (χ1v) is 2.73. The van der Waals surface area contributed by atoms with Crippen LogP contribution in [0.4, 0.5) is 0 Å². The van der Waals surface area contributed by atoms with Crippen molar-refractivity contribution < 1.29 is 19.7 Å². The van der Waals surface area contributed by atoms with Crippen LogP contribution in [0.5, 0.6) is 0 Å². The second-order valence-corrected chi connectivity index (χ2v) is 2.27. The highest BCUT2D eigenvalue weighted by Crippen LogP contribution is 1.90. The number of hydrogen-bond donors (Lipinski definition) is 6. The highest BCUT2D eigenvalue weighted by Gasteiger charge is 2.25. The topological polar surface area (TPSA) is 178 Å². The minimum atomic E-state index is -1.36. The monoisotopic (exact) mass is 185 g/mol. The molecule has 0 bridgehead atoms. The number of nitrogens with two attached hydrogens (primary N) is 6. The largest absolute Gasteiger partial charge is 0.210 e. The Kier molecular flexibility index (Phi) is 3.39. The van der Waals surface area contributed by atoms with Gasteiger partial charge < -0.3 is 0 Å². The summed E-state index contributed by atoms with van der Waals surface area (Å²) in [5, 5.41) is 0.236. The van der Waals surface area contributed by atoms with Gasteiger partial charge in [-0.05, 0) is 9.80 Å². The molecule has 12 N–H and O–H groups in total. The lowest BCUT2D eigenvalue weighted by Crippen LogP contribution is -2.70. The maximum absolute atomic E-state index is 5.12. The molecule has 0 rings (SSSR count). The molecule has 0 heterocycles. The number of hydrazine groups is 1. The quantitative estimate of drug-likeness (QED) is 0.143. The third-order valence-electron chi connectivity index (χ3n) is 0.478. The normalized spacial score (nSPS) is 14.0. The number of hydroxylamine groups is 1. The molecule has 0 fully saturated rings. The van der Waals surface area contributed by atoms with E-state index in [4.69, 9.17) is 35.1 Å². The van der Waals surface area contributed by atoms with Gasteiger partial charge in [-0.1, -0.05) is 0 Å². The summed E-state index contributed by atoms with van der Waals surface area (Å²) in [7, 11) is 1.27. The molecule has 0 unspecified atom stereocenters. The summed E-state index contributed by atoms with van der Waals surface area (Å²) in [6, 6.07) is 0. The maximum Gasteiger partial charge on any atom is 0.140 e. The van der Waals surface area contributed by atoms with Crippen molar-refractivity contribution in [2.45, 2.75) is 0 Å². The standard InChI is InChI=1S/CH15N9O2/c1-9(3,4)11-8(2)12-10(5,6)7/h2-7H2,1H3/q+2. The zero-order valence-electron chi connectivity index (χ0n) is 6.62. The predicted molar refractivity (Wildman–Crippen MR) is 35.6 cm³/mol. The molecule has 74 valence electrons. The van der Waals surface area contributed by atoms with Gasteiger partial charge in [0.1, 0.15) is 12.4 Å². The first-order valence-electron chi connectivity index (χ1n) is 2.73. The van der Waals surface area contributed by atoms with E-state index in [1.54, 1.807) is 0 Å². The van der Waals surface area contributed by atoms with Crippen molar-refractivity contribution in [3.63, 3.8) is 0 Å². The average Bonchev–Trinajstić information content (AvgIpc) is 1.49. The van der Waals surface area contributed by atoms with Crippen molar-refractivity contribution in [2.24, 2.45) is 35.1 Å². The van der Waals surface area contributed by atoms with Gasteiger partial charge in [-0.3, -0.25) is 0 Å². The highest BCUT2D eigenvalue weighted by atomic mass is 17.2. The molecule has 12 heavy (non-hydrogen) atoms. The van der Waals surface area contributed by atoms with Gasteiger partial charge in [-0.15, -0.1) is 29.2 Å². The van der Waals surface area contributed by atoms with Crippen molar-refractivity contribution in [3.8, 4) is 0 Å². The van der Waals surface area contributed by atoms with E-state index in [9.17, 15) is 0 Å². The third-order valence-corrected chi connectivity index (χ3v) is 0.478. The Morgan fingerprint density at radius 3 is 1.67 bits per heavy atom. The molecule has 0 aromatic rings. The molecule has 0 atom stereocenters. The summed E-state index contributed by atoms with van der Waals surface area (Å²) >= 11 is 0. The van der Waals surface area contributed by atoms with E-state index < -0.39 is 9.84 Å². The van der Waals surface area contributed by atoms with Gasteiger partial charge in [-0.25, -0.2) is 5.84 Å². The second-order valence-electron chi connectivity index (χ2n) is 2.27. The molecule has 0 aromatic carbocycles. The Balaban J connectivity index is 3.83. The SMILES string of the molecule is C[N+](N)(N)ON(N)O[N+](N)(N)N. The molecular weight excluding hydrogens is 170 g/mol. The average molecular weight is 185 g/mol. The highest BCUT2D eigenvalue weighted by molar-refractivity contribution is 3.70. The fourth-order valence-electron chi connectivity index (χ4n) is 0.328. The van der Waals surface area contributed by atoms with Crippen LogP contribution >= 0.6 is 0 Å². The molecule has 11 heteroatoms. The van der Waals surface area contributed by atoms with Crippen LogP contribution in [-0.4, -0.2) is 22.2 Å². The smallest absolute Gasteiger partial charge is 0.140 e. The molecular formula is CH15N9O2+2. The summed E-state index contributed by atoms with van der Waals surface area (Å²) in [6.45, 7) is 0. The van der Waals surface area contributed by atoms with Crippen LogP contribution in [0, 0.1) is 0 Å². The number of quaternary nitrogens is 2. The van der Waals surface area contributed by atoms with Crippen molar-refractivity contribution in [1.82, 2.24) is 5.34 Å². The number of nitrogens with zero attached hydrogens (tertiary/aromatic N) is 3. The van der Waals surface area contributed by atoms with E-state index in [0.29, 0.717) is 0 Å². The molecule has 0 aliphatic heterocycles. The zero-order valence-corrected chi connectivity index (χ0v) is 6.62. The van der Waals surface area contributed by atoms with Crippen LogP contribution < -0.4 is 35.1 Å². The molecule has 0 amide bonds. The Hall–Kier alpha value is -0.440. The predicted octanol–water partition coefficient (Wildman–Crippen LogP) is -4.51. The van der Waals surface area contributed by atoms with E-state index >= 15 is 0 Å². The van der Waals surface area contributed by atoms with Crippen molar-refractivity contribution in [2.75, 3.05) is 7.05 Å². The first kappa shape index (κ1) is 11.6. The lowest BCUT2D eigenvalue weighted by molar-refractivity contribution is -1.22. The van der Waals surface area contributed by atoms with Crippen LogP contribution in [-0.2, 0) is 9.88 Å². The van der Waals surface area contributed by atoms with Gasteiger partial charge in [0, 0.05) is 4.94 Å². The summed E-state index contributed by atoms with van der Waals surface area (Å²) in [4.78, 5) is 6.45. The number of rotatable bonds is 4. The van der Waals surface area contributed by atoms with Gasteiger partial charge >= 0.3 is 0 Å². The molecule has 0 saturated heterocycles. The maximum atomic E-state index is 5.12. The second kappa shape index (κ2) is 3.52. The van der Waals surface area contributed by atoms with Crippen LogP contribution in [0.3, 0.4) is 0 Å². The van der Waals surface area contributed by atoms with E-state index in [2.05, 4.69) is 9.88 Å². The Bertz CT molecular complexity index is 116. The van der Waals surface area contributed by atoms with Crippen LogP contribution in [0.25, 0.3) is 0 Å². The van der Waals surface area contributed by atoms with E-state index in [0.717, 1.165) is 0 Å². The van der Waals surface area contributed by atoms with E-state index in [1.807, 2.05) is 0 Å². The summed E-state index contributed by atoms with van der Waals surface area (Å²) in [5.74, 6) is 30.0. The summed E-state index contributed by atoms with van der Waals surface area (Å²) in [6.07, 6.45) is 0. The summed E-state index contributed by atoms with van der Waals surface area (Å²) in [5.41, 5.74) is 0. The molecule has 0 spiro atoms. The Morgan fingerprint density at radius 2 is 1.42 bits per heavy atom. The van der Waals surface area contributed by atoms with Crippen LogP contribution in [0.1, 0.15) is 0 Å². The van der Waals surface area contributed by atoms with Crippen LogP contribution in [0.15, 0.2) is 0 Å². The Labute approximate surface area is 68.3 Å². The van der Waals surface area contributed by atoms with Gasteiger partial charge in [0.15, 0.2) is 0 Å². The minimum Gasteiger partial charge on any atom is -0.210 e. The molecule has 0 aliphatic carbocycles. The Morgan fingerprint density at radius 1 is 1.00 bits per heavy atom.